The molecule has 0 N–H and O–H groups in total. The van der Waals surface area contributed by atoms with E-state index in [2.05, 4.69) is 0 Å². The maximum atomic E-state index is 12.0. The average molecular weight is 264 g/mol. The predicted octanol–water partition coefficient (Wildman–Crippen LogP) is 2.43. The average Bonchev–Trinajstić information content (AvgIpc) is 2.66. The summed E-state index contributed by atoms with van der Waals surface area (Å²) in [5.74, 6) is -0.359. The van der Waals surface area contributed by atoms with Crippen molar-refractivity contribution in [3.05, 3.63) is 35.6 Å². The van der Waals surface area contributed by atoms with Gasteiger partial charge in [-0.3, -0.25) is 4.79 Å². The van der Waals surface area contributed by atoms with Crippen LogP contribution in [0.25, 0.3) is 0 Å². The molecule has 0 saturated carbocycles. The molecule has 18 heavy (non-hydrogen) atoms. The monoisotopic (exact) mass is 264 g/mol. The van der Waals surface area contributed by atoms with E-state index < -0.39 is 5.97 Å². The Labute approximate surface area is 109 Å². The van der Waals surface area contributed by atoms with Gasteiger partial charge in [-0.25, -0.2) is 4.79 Å². The van der Waals surface area contributed by atoms with E-state index in [9.17, 15) is 9.59 Å². The zero-order valence-corrected chi connectivity index (χ0v) is 10.9. The second-order valence-electron chi connectivity index (χ2n) is 3.55. The first-order valence-electron chi connectivity index (χ1n) is 5.44. The minimum atomic E-state index is -0.571. The Hall–Kier alpha value is -1.75. The molecule has 0 aromatic heterocycles. The molecule has 1 heterocycles. The van der Waals surface area contributed by atoms with E-state index in [1.54, 1.807) is 30.8 Å². The number of allylic oxidation sites excluding steroid dienone is 1. The van der Waals surface area contributed by atoms with Crippen LogP contribution in [0.3, 0.4) is 0 Å². The van der Waals surface area contributed by atoms with Gasteiger partial charge in [0, 0.05) is 4.90 Å². The van der Waals surface area contributed by atoms with Gasteiger partial charge in [-0.15, -0.1) is 11.8 Å². The molecule has 0 spiro atoms. The van der Waals surface area contributed by atoms with Crippen molar-refractivity contribution in [2.75, 3.05) is 12.9 Å². The second kappa shape index (κ2) is 5.27. The maximum Gasteiger partial charge on any atom is 0.334 e. The Balaban J connectivity index is 2.28. The first-order chi connectivity index (χ1) is 8.65. The van der Waals surface area contributed by atoms with E-state index in [0.29, 0.717) is 11.3 Å². The van der Waals surface area contributed by atoms with E-state index in [1.165, 1.54) is 0 Å². The second-order valence-corrected chi connectivity index (χ2v) is 4.43. The van der Waals surface area contributed by atoms with Crippen LogP contribution in [-0.4, -0.2) is 24.6 Å². The van der Waals surface area contributed by atoms with Crippen molar-refractivity contribution < 1.29 is 19.1 Å². The van der Waals surface area contributed by atoms with Crippen LogP contribution in [0, 0.1) is 0 Å². The van der Waals surface area contributed by atoms with Crippen molar-refractivity contribution in [3.63, 3.8) is 0 Å². The van der Waals surface area contributed by atoms with Crippen LogP contribution < -0.4 is 4.74 Å². The molecule has 1 aliphatic rings. The Morgan fingerprint density at radius 2 is 2.28 bits per heavy atom. The quantitative estimate of drug-likeness (QED) is 0.477. The van der Waals surface area contributed by atoms with Crippen LogP contribution in [-0.2, 0) is 9.53 Å². The number of ketones is 1. The van der Waals surface area contributed by atoms with E-state index in [0.717, 1.165) is 11.0 Å². The lowest BCUT2D eigenvalue weighted by Crippen LogP contribution is -2.06. The molecule has 2 rings (SSSR count). The highest BCUT2D eigenvalue weighted by Gasteiger charge is 2.28. The van der Waals surface area contributed by atoms with Crippen LogP contribution in [0.1, 0.15) is 17.3 Å². The predicted molar refractivity (Wildman–Crippen MR) is 67.9 cm³/mol. The molecule has 4 nitrogen and oxygen atoms in total. The fourth-order valence-electron chi connectivity index (χ4n) is 1.59. The highest BCUT2D eigenvalue weighted by molar-refractivity contribution is 7.98. The summed E-state index contributed by atoms with van der Waals surface area (Å²) in [5, 5.41) is 0. The number of esters is 1. The van der Waals surface area contributed by atoms with Crippen LogP contribution in [0.5, 0.6) is 5.75 Å². The normalized spacial score (nSPS) is 15.4. The molecular weight excluding hydrogens is 252 g/mol. The summed E-state index contributed by atoms with van der Waals surface area (Å²) in [6.07, 6.45) is 3.02. The van der Waals surface area contributed by atoms with Crippen LogP contribution in [0.4, 0.5) is 0 Å². The SMILES string of the molecule is CCOC(=O)/C=C1\Oc2ccc(SC)cc2C1=O. The van der Waals surface area contributed by atoms with Crippen molar-refractivity contribution in [2.45, 2.75) is 11.8 Å². The van der Waals surface area contributed by atoms with Gasteiger partial charge in [0.1, 0.15) is 5.75 Å². The Morgan fingerprint density at radius 1 is 1.50 bits per heavy atom. The maximum absolute atomic E-state index is 12.0. The Bertz CT molecular complexity index is 534. The van der Waals surface area contributed by atoms with Crippen molar-refractivity contribution >= 4 is 23.5 Å². The number of ether oxygens (including phenoxy) is 2. The molecule has 0 aliphatic carbocycles. The van der Waals surface area contributed by atoms with E-state index in [-0.39, 0.29) is 18.1 Å². The van der Waals surface area contributed by atoms with Gasteiger partial charge in [0.2, 0.25) is 5.78 Å². The fourth-order valence-corrected chi connectivity index (χ4v) is 2.03. The topological polar surface area (TPSA) is 52.6 Å². The zero-order valence-electron chi connectivity index (χ0n) is 10.1. The highest BCUT2D eigenvalue weighted by Crippen LogP contribution is 2.33. The van der Waals surface area contributed by atoms with Crippen molar-refractivity contribution in [2.24, 2.45) is 0 Å². The van der Waals surface area contributed by atoms with Gasteiger partial charge >= 0.3 is 5.97 Å². The first-order valence-corrected chi connectivity index (χ1v) is 6.67. The van der Waals surface area contributed by atoms with Crippen molar-refractivity contribution in [1.29, 1.82) is 0 Å². The van der Waals surface area contributed by atoms with Crippen LogP contribution >= 0.6 is 11.8 Å². The molecule has 94 valence electrons. The molecule has 5 heteroatoms. The minimum absolute atomic E-state index is 0.0155. The molecule has 0 amide bonds. The third kappa shape index (κ3) is 2.41. The van der Waals surface area contributed by atoms with E-state index in [1.807, 2.05) is 12.3 Å². The van der Waals surface area contributed by atoms with Gasteiger partial charge in [0.05, 0.1) is 18.2 Å². The summed E-state index contributed by atoms with van der Waals surface area (Å²) < 4.78 is 10.1. The molecule has 0 fully saturated rings. The van der Waals surface area contributed by atoms with E-state index >= 15 is 0 Å². The molecule has 0 radical (unpaired) electrons. The van der Waals surface area contributed by atoms with E-state index in [4.69, 9.17) is 9.47 Å². The molecule has 0 unspecified atom stereocenters. The molecule has 0 atom stereocenters. The van der Waals surface area contributed by atoms with Gasteiger partial charge in [-0.05, 0) is 31.4 Å². The third-order valence-electron chi connectivity index (χ3n) is 2.41. The standard InChI is InChI=1S/C13H12O4S/c1-3-16-12(14)7-11-13(15)9-6-8(18-2)4-5-10(9)17-11/h4-7H,3H2,1-2H3/b11-7-. The van der Waals surface area contributed by atoms with Crippen molar-refractivity contribution in [3.8, 4) is 5.75 Å². The van der Waals surface area contributed by atoms with Gasteiger partial charge in [0.25, 0.3) is 0 Å². The number of benzene rings is 1. The summed E-state index contributed by atoms with van der Waals surface area (Å²) in [7, 11) is 0. The molecular formula is C13H12O4S. The smallest absolute Gasteiger partial charge is 0.334 e. The fraction of sp³-hybridized carbons (Fsp3) is 0.231. The van der Waals surface area contributed by atoms with Crippen LogP contribution in [0.15, 0.2) is 34.9 Å². The zero-order chi connectivity index (χ0) is 13.1. The summed E-state index contributed by atoms with van der Waals surface area (Å²) in [6.45, 7) is 1.97. The van der Waals surface area contributed by atoms with Gasteiger partial charge in [-0.1, -0.05) is 0 Å². The van der Waals surface area contributed by atoms with Crippen LogP contribution in [0.2, 0.25) is 0 Å². The number of hydrogen-bond donors (Lipinski definition) is 0. The summed E-state index contributed by atoms with van der Waals surface area (Å²) in [6, 6.07) is 5.35. The van der Waals surface area contributed by atoms with Gasteiger partial charge in [0.15, 0.2) is 5.76 Å². The number of Topliss-reactive ketones (excluding diaryl/α,β-unsaturated/α-hetero) is 1. The summed E-state index contributed by atoms with van der Waals surface area (Å²) in [5.41, 5.74) is 0.484. The number of fused-ring (bicyclic) bond motifs is 1. The number of thioether (sulfide) groups is 1. The lowest BCUT2D eigenvalue weighted by atomic mass is 10.1. The highest BCUT2D eigenvalue weighted by atomic mass is 32.2. The number of rotatable bonds is 3. The first kappa shape index (κ1) is 12.7. The van der Waals surface area contributed by atoms with Gasteiger partial charge in [-0.2, -0.15) is 0 Å². The molecule has 1 aromatic carbocycles. The number of hydrogen-bond acceptors (Lipinski definition) is 5. The number of carbonyl (C=O) groups excluding carboxylic acids is 2. The third-order valence-corrected chi connectivity index (χ3v) is 3.14. The van der Waals surface area contributed by atoms with Gasteiger partial charge < -0.3 is 9.47 Å². The lowest BCUT2D eigenvalue weighted by Gasteiger charge is -1.99. The molecule has 0 saturated heterocycles. The molecule has 0 bridgehead atoms. The minimum Gasteiger partial charge on any atom is -0.463 e. The Morgan fingerprint density at radius 3 is 2.94 bits per heavy atom. The van der Waals surface area contributed by atoms with Crippen molar-refractivity contribution in [1.82, 2.24) is 0 Å². The molecule has 1 aromatic rings. The summed E-state index contributed by atoms with van der Waals surface area (Å²) >= 11 is 1.54. The largest absolute Gasteiger partial charge is 0.463 e. The summed E-state index contributed by atoms with van der Waals surface area (Å²) in [4.78, 5) is 24.3. The number of carbonyl (C=O) groups is 2. The molecule has 1 aliphatic heterocycles. The Kier molecular flexibility index (Phi) is 3.72. The lowest BCUT2D eigenvalue weighted by molar-refractivity contribution is -0.137.